The van der Waals surface area contributed by atoms with Crippen LogP contribution in [0.15, 0.2) is 28.7 Å². The Hall–Kier alpha value is -0.420. The zero-order valence-corrected chi connectivity index (χ0v) is 14.9. The van der Waals surface area contributed by atoms with E-state index >= 15 is 0 Å². The molecule has 1 aliphatic rings. The highest BCUT2D eigenvalue weighted by Gasteiger charge is 2.26. The van der Waals surface area contributed by atoms with Crippen molar-refractivity contribution < 1.29 is 4.74 Å². The molecule has 0 aliphatic carbocycles. The number of rotatable bonds is 6. The van der Waals surface area contributed by atoms with Crippen LogP contribution in [0.4, 0.5) is 0 Å². The van der Waals surface area contributed by atoms with Crippen molar-refractivity contribution in [3.8, 4) is 0 Å². The smallest absolute Gasteiger partial charge is 0.0724 e. The zero-order valence-electron chi connectivity index (χ0n) is 13.3. The van der Waals surface area contributed by atoms with E-state index in [9.17, 15) is 0 Å². The Morgan fingerprint density at radius 2 is 2.10 bits per heavy atom. The van der Waals surface area contributed by atoms with Gasteiger partial charge in [-0.3, -0.25) is 0 Å². The first kappa shape index (κ1) is 16.9. The maximum atomic E-state index is 5.60. The molecule has 1 fully saturated rings. The summed E-state index contributed by atoms with van der Waals surface area (Å²) in [5.74, 6) is 0.679. The number of hydrogen-bond acceptors (Lipinski definition) is 3. The maximum Gasteiger partial charge on any atom is 0.0724 e. The zero-order chi connectivity index (χ0) is 15.2. The van der Waals surface area contributed by atoms with Crippen molar-refractivity contribution in [2.75, 3.05) is 33.8 Å². The molecule has 118 valence electrons. The van der Waals surface area contributed by atoms with Crippen LogP contribution in [0.5, 0.6) is 0 Å². The molecule has 1 heterocycles. The summed E-state index contributed by atoms with van der Waals surface area (Å²) in [5, 5.41) is 3.44. The third-order valence-electron chi connectivity index (χ3n) is 4.63. The maximum absolute atomic E-state index is 5.60. The SMILES string of the molecule is CNC(CCN1CCC(C)C(OC)C1)c1ccc(Br)cc1. The van der Waals surface area contributed by atoms with Crippen LogP contribution in [-0.4, -0.2) is 44.8 Å². The number of halogens is 1. The predicted molar refractivity (Wildman–Crippen MR) is 91.6 cm³/mol. The fourth-order valence-electron chi connectivity index (χ4n) is 3.09. The summed E-state index contributed by atoms with van der Waals surface area (Å²) < 4.78 is 6.74. The second-order valence-corrected chi connectivity index (χ2v) is 6.94. The van der Waals surface area contributed by atoms with Gasteiger partial charge < -0.3 is 15.0 Å². The number of ether oxygens (including phenoxy) is 1. The molecule has 2 rings (SSSR count). The molecule has 0 aromatic heterocycles. The lowest BCUT2D eigenvalue weighted by Crippen LogP contribution is -2.44. The molecule has 3 nitrogen and oxygen atoms in total. The van der Waals surface area contributed by atoms with E-state index in [-0.39, 0.29) is 0 Å². The second-order valence-electron chi connectivity index (χ2n) is 6.02. The van der Waals surface area contributed by atoms with Gasteiger partial charge in [-0.05, 0) is 50.0 Å². The first-order valence-electron chi connectivity index (χ1n) is 7.82. The molecule has 1 aromatic rings. The Labute approximate surface area is 137 Å². The Balaban J connectivity index is 1.87. The molecule has 0 amide bonds. The van der Waals surface area contributed by atoms with Gasteiger partial charge in [0, 0.05) is 30.7 Å². The third-order valence-corrected chi connectivity index (χ3v) is 5.16. The van der Waals surface area contributed by atoms with Gasteiger partial charge in [0.05, 0.1) is 6.10 Å². The van der Waals surface area contributed by atoms with Crippen molar-refractivity contribution in [3.05, 3.63) is 34.3 Å². The average molecular weight is 355 g/mol. The van der Waals surface area contributed by atoms with Gasteiger partial charge in [0.2, 0.25) is 0 Å². The number of benzene rings is 1. The van der Waals surface area contributed by atoms with Crippen LogP contribution in [0.25, 0.3) is 0 Å². The van der Waals surface area contributed by atoms with Crippen LogP contribution in [0.1, 0.15) is 31.4 Å². The van der Waals surface area contributed by atoms with Gasteiger partial charge >= 0.3 is 0 Å². The van der Waals surface area contributed by atoms with E-state index in [1.165, 1.54) is 18.5 Å². The highest BCUT2D eigenvalue weighted by Crippen LogP contribution is 2.23. The molecule has 3 unspecified atom stereocenters. The minimum atomic E-state index is 0.388. The minimum absolute atomic E-state index is 0.388. The minimum Gasteiger partial charge on any atom is -0.380 e. The molecule has 1 aliphatic heterocycles. The number of hydrogen-bond donors (Lipinski definition) is 1. The van der Waals surface area contributed by atoms with E-state index in [2.05, 4.69) is 57.3 Å². The average Bonchev–Trinajstić information content (AvgIpc) is 2.51. The van der Waals surface area contributed by atoms with Gasteiger partial charge in [-0.15, -0.1) is 0 Å². The number of nitrogens with one attached hydrogen (secondary N) is 1. The molecule has 0 spiro atoms. The first-order chi connectivity index (χ1) is 10.1. The van der Waals surface area contributed by atoms with Gasteiger partial charge in [0.25, 0.3) is 0 Å². The van der Waals surface area contributed by atoms with Crippen molar-refractivity contribution >= 4 is 15.9 Å². The monoisotopic (exact) mass is 354 g/mol. The van der Waals surface area contributed by atoms with Crippen molar-refractivity contribution in [2.45, 2.75) is 31.9 Å². The number of nitrogens with zero attached hydrogens (tertiary/aromatic N) is 1. The molecule has 1 N–H and O–H groups in total. The van der Waals surface area contributed by atoms with Crippen LogP contribution in [0.3, 0.4) is 0 Å². The fourth-order valence-corrected chi connectivity index (χ4v) is 3.36. The van der Waals surface area contributed by atoms with Crippen LogP contribution in [-0.2, 0) is 4.74 Å². The number of methoxy groups -OCH3 is 1. The quantitative estimate of drug-likeness (QED) is 0.846. The largest absolute Gasteiger partial charge is 0.380 e. The van der Waals surface area contributed by atoms with E-state index in [4.69, 9.17) is 4.74 Å². The summed E-state index contributed by atoms with van der Waals surface area (Å²) in [6.45, 7) is 5.67. The Kier molecular flexibility index (Phi) is 6.68. The molecule has 1 saturated heterocycles. The van der Waals surface area contributed by atoms with Crippen molar-refractivity contribution in [2.24, 2.45) is 5.92 Å². The van der Waals surface area contributed by atoms with Crippen LogP contribution < -0.4 is 5.32 Å². The number of piperidine rings is 1. The summed E-state index contributed by atoms with van der Waals surface area (Å²) in [6.07, 6.45) is 2.75. The van der Waals surface area contributed by atoms with Gasteiger partial charge in [-0.25, -0.2) is 0 Å². The summed E-state index contributed by atoms with van der Waals surface area (Å²) in [5.41, 5.74) is 1.36. The Morgan fingerprint density at radius 1 is 1.38 bits per heavy atom. The van der Waals surface area contributed by atoms with Crippen molar-refractivity contribution in [1.29, 1.82) is 0 Å². The van der Waals surface area contributed by atoms with E-state index in [1.807, 2.05) is 14.2 Å². The van der Waals surface area contributed by atoms with Gasteiger partial charge in [-0.1, -0.05) is 35.0 Å². The summed E-state index contributed by atoms with van der Waals surface area (Å²) in [4.78, 5) is 2.54. The molecule has 4 heteroatoms. The molecule has 3 atom stereocenters. The van der Waals surface area contributed by atoms with Gasteiger partial charge in [0.1, 0.15) is 0 Å². The second kappa shape index (κ2) is 8.28. The van der Waals surface area contributed by atoms with Crippen molar-refractivity contribution in [3.63, 3.8) is 0 Å². The molecular formula is C17H27BrN2O. The highest BCUT2D eigenvalue weighted by molar-refractivity contribution is 9.10. The topological polar surface area (TPSA) is 24.5 Å². The Bertz CT molecular complexity index is 423. The van der Waals surface area contributed by atoms with Gasteiger partial charge in [0.15, 0.2) is 0 Å². The summed E-state index contributed by atoms with van der Waals surface area (Å²) in [7, 11) is 3.88. The van der Waals surface area contributed by atoms with Gasteiger partial charge in [-0.2, -0.15) is 0 Å². The molecule has 0 saturated carbocycles. The fraction of sp³-hybridized carbons (Fsp3) is 0.647. The summed E-state index contributed by atoms with van der Waals surface area (Å²) in [6, 6.07) is 9.04. The Morgan fingerprint density at radius 3 is 2.71 bits per heavy atom. The normalized spacial score (nSPS) is 25.0. The molecule has 1 aromatic carbocycles. The molecule has 0 radical (unpaired) electrons. The van der Waals surface area contributed by atoms with E-state index in [0.29, 0.717) is 18.1 Å². The lowest BCUT2D eigenvalue weighted by atomic mass is 9.95. The molecule has 0 bridgehead atoms. The van der Waals surface area contributed by atoms with E-state index in [0.717, 1.165) is 24.0 Å². The molecule has 21 heavy (non-hydrogen) atoms. The third kappa shape index (κ3) is 4.78. The summed E-state index contributed by atoms with van der Waals surface area (Å²) >= 11 is 3.50. The lowest BCUT2D eigenvalue weighted by molar-refractivity contribution is -0.00576. The first-order valence-corrected chi connectivity index (χ1v) is 8.61. The number of likely N-dealkylation sites (tertiary alicyclic amines) is 1. The predicted octanol–water partition coefficient (Wildman–Crippen LogP) is 3.46. The van der Waals surface area contributed by atoms with E-state index in [1.54, 1.807) is 0 Å². The van der Waals surface area contributed by atoms with Crippen LogP contribution in [0, 0.1) is 5.92 Å². The van der Waals surface area contributed by atoms with Crippen LogP contribution >= 0.6 is 15.9 Å². The molecular weight excluding hydrogens is 328 g/mol. The highest BCUT2D eigenvalue weighted by atomic mass is 79.9. The van der Waals surface area contributed by atoms with E-state index < -0.39 is 0 Å². The lowest BCUT2D eigenvalue weighted by Gasteiger charge is -2.36. The van der Waals surface area contributed by atoms with Crippen LogP contribution in [0.2, 0.25) is 0 Å². The van der Waals surface area contributed by atoms with Crippen molar-refractivity contribution in [1.82, 2.24) is 10.2 Å². The standard InChI is InChI=1S/C17H27BrN2O/c1-13-8-10-20(12-17(13)21-3)11-9-16(19-2)14-4-6-15(18)7-5-14/h4-7,13,16-17,19H,8-12H2,1-3H3.